The summed E-state index contributed by atoms with van der Waals surface area (Å²) in [5.41, 5.74) is 0. The van der Waals surface area contributed by atoms with Gasteiger partial charge in [-0.2, -0.15) is 0 Å². The Morgan fingerprint density at radius 1 is 1.53 bits per heavy atom. The summed E-state index contributed by atoms with van der Waals surface area (Å²) < 4.78 is 5.35. The number of alkyl halides is 1. The molecule has 7 nitrogen and oxygen atoms in total. The molecule has 2 fully saturated rings. The van der Waals surface area contributed by atoms with E-state index in [2.05, 4.69) is 21.2 Å². The van der Waals surface area contributed by atoms with Crippen LogP contribution in [-0.4, -0.2) is 63.5 Å². The van der Waals surface area contributed by atoms with Gasteiger partial charge in [-0.1, -0.05) is 15.9 Å². The summed E-state index contributed by atoms with van der Waals surface area (Å²) in [5.74, 6) is -0.386. The van der Waals surface area contributed by atoms with Crippen LogP contribution in [0.15, 0.2) is 0 Å². The number of hydrogen-bond acceptors (Lipinski definition) is 5. The zero-order valence-corrected chi connectivity index (χ0v) is 10.5. The van der Waals surface area contributed by atoms with Crippen LogP contribution < -0.4 is 5.32 Å². The Morgan fingerprint density at radius 2 is 2.24 bits per heavy atom. The Morgan fingerprint density at radius 3 is 2.82 bits per heavy atom. The van der Waals surface area contributed by atoms with Crippen LogP contribution in [0.2, 0.25) is 0 Å². The third-order valence-corrected chi connectivity index (χ3v) is 3.57. The minimum Gasteiger partial charge on any atom is -0.394 e. The summed E-state index contributed by atoms with van der Waals surface area (Å²) in [6.07, 6.45) is -1.87. The fraction of sp³-hybridized carbons (Fsp3) is 0.778. The van der Waals surface area contributed by atoms with Crippen molar-refractivity contribution in [1.29, 1.82) is 0 Å². The van der Waals surface area contributed by atoms with Crippen LogP contribution in [-0.2, 0) is 9.53 Å². The molecule has 0 aromatic rings. The van der Waals surface area contributed by atoms with E-state index in [0.717, 1.165) is 0 Å². The van der Waals surface area contributed by atoms with Crippen LogP contribution >= 0.6 is 15.9 Å². The second-order valence-corrected chi connectivity index (χ2v) is 5.13. The molecule has 0 saturated carbocycles. The van der Waals surface area contributed by atoms with Gasteiger partial charge in [-0.25, -0.2) is 4.79 Å². The molecule has 2 rings (SSSR count). The molecule has 96 valence electrons. The van der Waals surface area contributed by atoms with E-state index in [1.165, 1.54) is 4.90 Å². The van der Waals surface area contributed by atoms with Crippen LogP contribution in [0.1, 0.15) is 6.42 Å². The van der Waals surface area contributed by atoms with Crippen LogP contribution in [0.3, 0.4) is 0 Å². The second-order valence-electron chi connectivity index (χ2n) is 4.03. The molecule has 4 atom stereocenters. The fourth-order valence-electron chi connectivity index (χ4n) is 1.91. The van der Waals surface area contributed by atoms with E-state index in [4.69, 9.17) is 9.84 Å². The molecule has 2 heterocycles. The number of aliphatic hydroxyl groups is 2. The first kappa shape index (κ1) is 12.7. The van der Waals surface area contributed by atoms with E-state index in [0.29, 0.717) is 0 Å². The average molecular weight is 309 g/mol. The van der Waals surface area contributed by atoms with Gasteiger partial charge in [0, 0.05) is 13.0 Å². The molecule has 0 spiro atoms. The van der Waals surface area contributed by atoms with E-state index in [9.17, 15) is 14.7 Å². The summed E-state index contributed by atoms with van der Waals surface area (Å²) in [5, 5.41) is 20.7. The van der Waals surface area contributed by atoms with Gasteiger partial charge in [0.2, 0.25) is 5.91 Å². The van der Waals surface area contributed by atoms with Gasteiger partial charge < -0.3 is 14.9 Å². The maximum absolute atomic E-state index is 11.6. The molecule has 0 radical (unpaired) electrons. The maximum Gasteiger partial charge on any atom is 0.326 e. The predicted octanol–water partition coefficient (Wildman–Crippen LogP) is -1.23. The summed E-state index contributed by atoms with van der Waals surface area (Å²) in [4.78, 5) is 23.6. The number of amides is 3. The van der Waals surface area contributed by atoms with Crippen LogP contribution in [0, 0.1) is 0 Å². The van der Waals surface area contributed by atoms with Crippen LogP contribution in [0.5, 0.6) is 0 Å². The topological polar surface area (TPSA) is 99.1 Å². The molecule has 2 aliphatic rings. The van der Waals surface area contributed by atoms with E-state index in [1.54, 1.807) is 0 Å². The molecule has 2 saturated heterocycles. The van der Waals surface area contributed by atoms with Crippen LogP contribution in [0.25, 0.3) is 0 Å². The van der Waals surface area contributed by atoms with Gasteiger partial charge in [-0.05, 0) is 0 Å². The van der Waals surface area contributed by atoms with Crippen molar-refractivity contribution in [2.45, 2.75) is 29.7 Å². The molecule has 0 bridgehead atoms. The smallest absolute Gasteiger partial charge is 0.326 e. The second kappa shape index (κ2) is 4.89. The average Bonchev–Trinajstić information content (AvgIpc) is 2.65. The minimum atomic E-state index is -0.802. The van der Waals surface area contributed by atoms with E-state index >= 15 is 0 Å². The van der Waals surface area contributed by atoms with Gasteiger partial charge in [0.1, 0.15) is 17.2 Å². The Balaban J connectivity index is 2.03. The highest BCUT2D eigenvalue weighted by molar-refractivity contribution is 9.10. The lowest BCUT2D eigenvalue weighted by atomic mass is 10.2. The molecule has 2 aliphatic heterocycles. The molecule has 8 heteroatoms. The fourth-order valence-corrected chi connectivity index (χ4v) is 2.34. The lowest BCUT2D eigenvalue weighted by molar-refractivity contribution is -0.123. The van der Waals surface area contributed by atoms with Crippen molar-refractivity contribution in [2.75, 3.05) is 13.2 Å². The summed E-state index contributed by atoms with van der Waals surface area (Å²) in [6, 6.07) is -0.540. The monoisotopic (exact) mass is 308 g/mol. The minimum absolute atomic E-state index is 0.181. The number of halogens is 1. The number of ether oxygens (including phenoxy) is 1. The van der Waals surface area contributed by atoms with Gasteiger partial charge in [-0.15, -0.1) is 0 Å². The number of rotatable bonds is 2. The molecule has 0 aliphatic carbocycles. The summed E-state index contributed by atoms with van der Waals surface area (Å²) >= 11 is 3.14. The number of carbonyl (C=O) groups excluding carboxylic acids is 2. The molecule has 4 unspecified atom stereocenters. The van der Waals surface area contributed by atoms with Gasteiger partial charge >= 0.3 is 6.03 Å². The Bertz CT molecular complexity index is 339. The van der Waals surface area contributed by atoms with E-state index < -0.39 is 29.3 Å². The third-order valence-electron chi connectivity index (χ3n) is 2.86. The number of nitrogens with one attached hydrogen (secondary N) is 1. The van der Waals surface area contributed by atoms with Gasteiger partial charge in [0.15, 0.2) is 0 Å². The molecule has 3 amide bonds. The summed E-state index contributed by atoms with van der Waals surface area (Å²) in [6.45, 7) is -0.121. The maximum atomic E-state index is 11.6. The number of carbonyl (C=O) groups is 2. The summed E-state index contributed by atoms with van der Waals surface area (Å²) in [7, 11) is 0. The number of aliphatic hydroxyl groups excluding tert-OH is 2. The van der Waals surface area contributed by atoms with Crippen molar-refractivity contribution in [1.82, 2.24) is 10.2 Å². The lowest BCUT2D eigenvalue weighted by Crippen LogP contribution is -2.58. The molecule has 3 N–H and O–H groups in total. The standard InChI is InChI=1S/C9H13BrN2O5/c10-4-2-12(9(16)11-8(4)15)7-1-5(14)6(3-13)17-7/h4-7,13-14H,1-3H2,(H,11,15,16). The molecular weight excluding hydrogens is 296 g/mol. The van der Waals surface area contributed by atoms with Crippen molar-refractivity contribution in [3.8, 4) is 0 Å². The highest BCUT2D eigenvalue weighted by atomic mass is 79.9. The largest absolute Gasteiger partial charge is 0.394 e. The van der Waals surface area contributed by atoms with Gasteiger partial charge in [-0.3, -0.25) is 15.0 Å². The van der Waals surface area contributed by atoms with Crippen molar-refractivity contribution in [2.24, 2.45) is 0 Å². The van der Waals surface area contributed by atoms with Crippen molar-refractivity contribution >= 4 is 27.9 Å². The van der Waals surface area contributed by atoms with E-state index in [-0.39, 0.29) is 25.5 Å². The first-order valence-electron chi connectivity index (χ1n) is 5.23. The molecule has 0 aromatic heterocycles. The number of urea groups is 1. The van der Waals surface area contributed by atoms with Gasteiger partial charge in [0.05, 0.1) is 12.7 Å². The molecular formula is C9H13BrN2O5. The Labute approximate surface area is 106 Å². The number of imide groups is 1. The highest BCUT2D eigenvalue weighted by Crippen LogP contribution is 2.25. The van der Waals surface area contributed by atoms with Gasteiger partial charge in [0.25, 0.3) is 0 Å². The van der Waals surface area contributed by atoms with Crippen molar-refractivity contribution in [3.05, 3.63) is 0 Å². The molecule has 17 heavy (non-hydrogen) atoms. The van der Waals surface area contributed by atoms with Crippen molar-refractivity contribution in [3.63, 3.8) is 0 Å². The molecule has 0 aromatic carbocycles. The highest BCUT2D eigenvalue weighted by Gasteiger charge is 2.42. The number of hydrogen-bond donors (Lipinski definition) is 3. The Kier molecular flexibility index (Phi) is 3.67. The van der Waals surface area contributed by atoms with Crippen molar-refractivity contribution < 1.29 is 24.5 Å². The zero-order chi connectivity index (χ0) is 12.6. The lowest BCUT2D eigenvalue weighted by Gasteiger charge is -2.33. The Hall–Kier alpha value is -0.700. The number of nitrogens with zero attached hydrogens (tertiary/aromatic N) is 1. The first-order valence-corrected chi connectivity index (χ1v) is 6.14. The predicted molar refractivity (Wildman–Crippen MR) is 59.3 cm³/mol. The SMILES string of the molecule is O=C1NC(=O)N(C2CC(O)C(CO)O2)CC1Br. The van der Waals surface area contributed by atoms with Crippen LogP contribution in [0.4, 0.5) is 4.79 Å². The normalized spacial score (nSPS) is 38.4. The third kappa shape index (κ3) is 2.44. The van der Waals surface area contributed by atoms with E-state index in [1.807, 2.05) is 0 Å². The zero-order valence-electron chi connectivity index (χ0n) is 8.88. The first-order chi connectivity index (χ1) is 8.02. The quantitative estimate of drug-likeness (QED) is 0.555.